The fourth-order valence-corrected chi connectivity index (χ4v) is 2.42. The Bertz CT molecular complexity index is 380. The van der Waals surface area contributed by atoms with E-state index in [9.17, 15) is 14.4 Å². The largest absolute Gasteiger partial charge is 0.340 e. The predicted octanol–water partition coefficient (Wildman–Crippen LogP) is -0.157. The minimum absolute atomic E-state index is 0.0259. The molecule has 0 aliphatic carbocycles. The minimum atomic E-state index is -0.903. The summed E-state index contributed by atoms with van der Waals surface area (Å²) in [4.78, 5) is 36.5. The van der Waals surface area contributed by atoms with Gasteiger partial charge in [0.15, 0.2) is 0 Å². The highest BCUT2D eigenvalue weighted by Crippen LogP contribution is 2.25. The summed E-state index contributed by atoms with van der Waals surface area (Å²) in [5.74, 6) is -0.382. The summed E-state index contributed by atoms with van der Waals surface area (Å²) in [7, 11) is 0. The molecule has 0 aromatic carbocycles. The maximum atomic E-state index is 11.9. The molecule has 2 aliphatic rings. The van der Waals surface area contributed by atoms with Gasteiger partial charge >= 0.3 is 6.03 Å². The van der Waals surface area contributed by atoms with Gasteiger partial charge in [0.25, 0.3) is 5.91 Å². The summed E-state index contributed by atoms with van der Waals surface area (Å²) < 4.78 is 0. The Labute approximate surface area is 99.7 Å². The van der Waals surface area contributed by atoms with E-state index < -0.39 is 11.6 Å². The van der Waals surface area contributed by atoms with Crippen molar-refractivity contribution in [1.29, 1.82) is 0 Å². The van der Waals surface area contributed by atoms with Crippen molar-refractivity contribution < 1.29 is 14.4 Å². The number of rotatable bonds is 1. The molecule has 2 N–H and O–H groups in total. The molecule has 0 saturated carbocycles. The Morgan fingerprint density at radius 1 is 1.41 bits per heavy atom. The molecule has 17 heavy (non-hydrogen) atoms. The number of likely N-dealkylation sites (tertiary alicyclic amines) is 1. The van der Waals surface area contributed by atoms with Crippen molar-refractivity contribution in [2.24, 2.45) is 5.92 Å². The van der Waals surface area contributed by atoms with Gasteiger partial charge in [0.05, 0.1) is 6.54 Å². The van der Waals surface area contributed by atoms with Gasteiger partial charge in [-0.25, -0.2) is 4.79 Å². The van der Waals surface area contributed by atoms with Crippen molar-refractivity contribution in [3.05, 3.63) is 0 Å². The maximum absolute atomic E-state index is 11.9. The summed E-state index contributed by atoms with van der Waals surface area (Å²) in [5.41, 5.74) is -0.903. The van der Waals surface area contributed by atoms with E-state index in [2.05, 4.69) is 10.6 Å². The smallest absolute Gasteiger partial charge is 0.322 e. The summed E-state index contributed by atoms with van der Waals surface area (Å²) >= 11 is 0. The number of hydrogen-bond acceptors (Lipinski definition) is 3. The van der Waals surface area contributed by atoms with Gasteiger partial charge < -0.3 is 10.2 Å². The number of hydrogen-bond donors (Lipinski definition) is 2. The predicted molar refractivity (Wildman–Crippen MR) is 60.1 cm³/mol. The summed E-state index contributed by atoms with van der Waals surface area (Å²) in [6.07, 6.45) is 1.32. The number of urea groups is 1. The zero-order valence-corrected chi connectivity index (χ0v) is 10.1. The van der Waals surface area contributed by atoms with Gasteiger partial charge in [-0.1, -0.05) is 13.8 Å². The van der Waals surface area contributed by atoms with Crippen LogP contribution >= 0.6 is 0 Å². The first-order valence-corrected chi connectivity index (χ1v) is 5.87. The van der Waals surface area contributed by atoms with Crippen LogP contribution in [-0.4, -0.2) is 41.4 Å². The molecule has 2 heterocycles. The molecule has 1 unspecified atom stereocenters. The van der Waals surface area contributed by atoms with Crippen molar-refractivity contribution in [3.63, 3.8) is 0 Å². The Hall–Kier alpha value is -1.59. The quantitative estimate of drug-likeness (QED) is 0.624. The number of nitrogens with zero attached hydrogens (tertiary/aromatic N) is 1. The van der Waals surface area contributed by atoms with E-state index in [0.717, 1.165) is 6.42 Å². The van der Waals surface area contributed by atoms with Crippen LogP contribution in [-0.2, 0) is 9.59 Å². The van der Waals surface area contributed by atoms with Gasteiger partial charge in [0.1, 0.15) is 5.54 Å². The average molecular weight is 239 g/mol. The molecule has 94 valence electrons. The van der Waals surface area contributed by atoms with Gasteiger partial charge in [-0.3, -0.25) is 14.9 Å². The Morgan fingerprint density at radius 3 is 2.65 bits per heavy atom. The van der Waals surface area contributed by atoms with E-state index in [4.69, 9.17) is 0 Å². The molecule has 0 aromatic rings. The zero-order valence-electron chi connectivity index (χ0n) is 10.1. The molecule has 2 saturated heterocycles. The van der Waals surface area contributed by atoms with E-state index in [1.165, 1.54) is 0 Å². The standard InChI is InChI=1S/C11H17N3O3/c1-7(2)8(15)14-5-3-4-11(6-14)9(16)12-10(17)13-11/h7H,3-6H2,1-2H3,(H2,12,13,16,17). The van der Waals surface area contributed by atoms with Crippen LogP contribution in [0.15, 0.2) is 0 Å². The fraction of sp³-hybridized carbons (Fsp3) is 0.727. The van der Waals surface area contributed by atoms with Crippen molar-refractivity contribution in [1.82, 2.24) is 15.5 Å². The number of piperidine rings is 1. The Kier molecular flexibility index (Phi) is 2.81. The molecule has 0 bridgehead atoms. The fourth-order valence-electron chi connectivity index (χ4n) is 2.42. The van der Waals surface area contributed by atoms with E-state index >= 15 is 0 Å². The van der Waals surface area contributed by atoms with Gasteiger partial charge in [-0.15, -0.1) is 0 Å². The van der Waals surface area contributed by atoms with Crippen LogP contribution in [0.1, 0.15) is 26.7 Å². The summed E-state index contributed by atoms with van der Waals surface area (Å²) in [5, 5.41) is 4.89. The first-order chi connectivity index (χ1) is 7.94. The van der Waals surface area contributed by atoms with Gasteiger partial charge in [-0.05, 0) is 12.8 Å². The third-order valence-electron chi connectivity index (χ3n) is 3.31. The van der Waals surface area contributed by atoms with Crippen LogP contribution in [0, 0.1) is 5.92 Å². The molecular weight excluding hydrogens is 222 g/mol. The lowest BCUT2D eigenvalue weighted by molar-refractivity contribution is -0.138. The van der Waals surface area contributed by atoms with Crippen LogP contribution in [0.4, 0.5) is 4.79 Å². The van der Waals surface area contributed by atoms with Crippen molar-refractivity contribution in [2.75, 3.05) is 13.1 Å². The second kappa shape index (κ2) is 4.01. The second-order valence-corrected chi connectivity index (χ2v) is 5.01. The lowest BCUT2D eigenvalue weighted by Crippen LogP contribution is -2.60. The van der Waals surface area contributed by atoms with Crippen molar-refractivity contribution in [2.45, 2.75) is 32.2 Å². The van der Waals surface area contributed by atoms with E-state index in [-0.39, 0.29) is 24.3 Å². The minimum Gasteiger partial charge on any atom is -0.340 e. The first kappa shape index (κ1) is 11.9. The molecule has 2 aliphatic heterocycles. The highest BCUT2D eigenvalue weighted by molar-refractivity contribution is 6.07. The van der Waals surface area contributed by atoms with Crippen LogP contribution in [0.3, 0.4) is 0 Å². The monoisotopic (exact) mass is 239 g/mol. The number of amides is 4. The van der Waals surface area contributed by atoms with E-state index in [0.29, 0.717) is 13.0 Å². The SMILES string of the molecule is CC(C)C(=O)N1CCCC2(C1)NC(=O)NC2=O. The van der Waals surface area contributed by atoms with Gasteiger partial charge in [0.2, 0.25) is 5.91 Å². The molecule has 0 aromatic heterocycles. The second-order valence-electron chi connectivity index (χ2n) is 5.01. The molecule has 6 heteroatoms. The zero-order chi connectivity index (χ0) is 12.6. The molecule has 0 radical (unpaired) electrons. The Morgan fingerprint density at radius 2 is 2.12 bits per heavy atom. The van der Waals surface area contributed by atoms with Crippen LogP contribution < -0.4 is 10.6 Å². The van der Waals surface area contributed by atoms with Gasteiger partial charge in [-0.2, -0.15) is 0 Å². The Balaban J connectivity index is 2.14. The number of carbonyl (C=O) groups excluding carboxylic acids is 3. The van der Waals surface area contributed by atoms with Crippen LogP contribution in [0.2, 0.25) is 0 Å². The van der Waals surface area contributed by atoms with Crippen LogP contribution in [0.5, 0.6) is 0 Å². The first-order valence-electron chi connectivity index (χ1n) is 5.87. The molecule has 4 amide bonds. The van der Waals surface area contributed by atoms with Crippen LogP contribution in [0.25, 0.3) is 0 Å². The normalized spacial score (nSPS) is 28.5. The average Bonchev–Trinajstić information content (AvgIpc) is 2.52. The molecule has 1 spiro atoms. The molecule has 2 rings (SSSR count). The lowest BCUT2D eigenvalue weighted by atomic mass is 9.88. The van der Waals surface area contributed by atoms with E-state index in [1.54, 1.807) is 4.90 Å². The summed E-state index contributed by atoms with van der Waals surface area (Å²) in [6.45, 7) is 4.59. The third kappa shape index (κ3) is 1.99. The number of imide groups is 1. The van der Waals surface area contributed by atoms with Crippen molar-refractivity contribution >= 4 is 17.8 Å². The maximum Gasteiger partial charge on any atom is 0.322 e. The lowest BCUT2D eigenvalue weighted by Gasteiger charge is -2.38. The molecular formula is C11H17N3O3. The molecule has 6 nitrogen and oxygen atoms in total. The highest BCUT2D eigenvalue weighted by Gasteiger charge is 2.49. The summed E-state index contributed by atoms with van der Waals surface area (Å²) in [6, 6.07) is -0.464. The highest BCUT2D eigenvalue weighted by atomic mass is 16.2. The van der Waals surface area contributed by atoms with Crippen molar-refractivity contribution in [3.8, 4) is 0 Å². The number of carbonyl (C=O) groups is 3. The topological polar surface area (TPSA) is 78.5 Å². The molecule has 1 atom stereocenters. The third-order valence-corrected chi connectivity index (χ3v) is 3.31. The molecule has 2 fully saturated rings. The number of nitrogens with one attached hydrogen (secondary N) is 2. The van der Waals surface area contributed by atoms with E-state index in [1.807, 2.05) is 13.8 Å². The van der Waals surface area contributed by atoms with Gasteiger partial charge in [0, 0.05) is 12.5 Å².